The lowest BCUT2D eigenvalue weighted by molar-refractivity contribution is 0.0978. The molecule has 0 aliphatic heterocycles. The van der Waals surface area contributed by atoms with Gasteiger partial charge >= 0.3 is 0 Å². The van der Waals surface area contributed by atoms with Gasteiger partial charge in [0.2, 0.25) is 0 Å². The van der Waals surface area contributed by atoms with E-state index in [1.165, 1.54) is 0 Å². The molecule has 0 spiro atoms. The largest absolute Gasteiger partial charge is 0.469 e. The summed E-state index contributed by atoms with van der Waals surface area (Å²) in [5.41, 5.74) is 0.748. The molecule has 3 heteroatoms. The fourth-order valence-electron chi connectivity index (χ4n) is 1.31. The third kappa shape index (κ3) is 1.03. The molecule has 0 saturated carbocycles. The Balaban J connectivity index is 2.46. The first kappa shape index (κ1) is 7.10. The zero-order valence-electron chi connectivity index (χ0n) is 5.84. The Bertz CT molecular complexity index is 290. The fourth-order valence-corrected chi connectivity index (χ4v) is 1.79. The molecule has 0 aromatic carbocycles. The van der Waals surface area contributed by atoms with Crippen LogP contribution in [0.15, 0.2) is 16.7 Å². The van der Waals surface area contributed by atoms with Crippen LogP contribution < -0.4 is 0 Å². The minimum atomic E-state index is -0.00685. The lowest BCUT2D eigenvalue weighted by Gasteiger charge is -2.13. The third-order valence-corrected chi connectivity index (χ3v) is 2.79. The van der Waals surface area contributed by atoms with Gasteiger partial charge in [-0.3, -0.25) is 4.79 Å². The third-order valence-electron chi connectivity index (χ3n) is 1.92. The van der Waals surface area contributed by atoms with Crippen molar-refractivity contribution in [2.45, 2.75) is 17.7 Å². The number of furan rings is 1. The van der Waals surface area contributed by atoms with Crippen LogP contribution in [0.4, 0.5) is 0 Å². The zero-order chi connectivity index (χ0) is 7.84. The van der Waals surface area contributed by atoms with Crippen molar-refractivity contribution in [1.29, 1.82) is 0 Å². The number of halogens is 1. The highest BCUT2D eigenvalue weighted by molar-refractivity contribution is 9.10. The second kappa shape index (κ2) is 2.48. The molecule has 58 valence electrons. The average molecular weight is 215 g/mol. The summed E-state index contributed by atoms with van der Waals surface area (Å²) in [4.78, 5) is 11.4. The van der Waals surface area contributed by atoms with Gasteiger partial charge in [0.25, 0.3) is 0 Å². The Morgan fingerprint density at radius 1 is 1.64 bits per heavy atom. The highest BCUT2D eigenvalue weighted by atomic mass is 79.9. The first-order valence-electron chi connectivity index (χ1n) is 3.53. The van der Waals surface area contributed by atoms with E-state index in [1.807, 2.05) is 0 Å². The van der Waals surface area contributed by atoms with Crippen LogP contribution in [-0.2, 0) is 6.42 Å². The Morgan fingerprint density at radius 3 is 3.27 bits per heavy atom. The molecule has 1 heterocycles. The number of rotatable bonds is 0. The van der Waals surface area contributed by atoms with Crippen LogP contribution >= 0.6 is 15.9 Å². The molecular weight excluding hydrogens is 208 g/mol. The van der Waals surface area contributed by atoms with E-state index in [-0.39, 0.29) is 10.6 Å². The molecule has 1 aliphatic carbocycles. The topological polar surface area (TPSA) is 30.2 Å². The summed E-state index contributed by atoms with van der Waals surface area (Å²) in [5, 5.41) is 0. The normalized spacial score (nSPS) is 23.4. The molecule has 1 aromatic rings. The van der Waals surface area contributed by atoms with Gasteiger partial charge in [0.1, 0.15) is 5.76 Å². The van der Waals surface area contributed by atoms with Gasteiger partial charge in [0.15, 0.2) is 5.78 Å². The molecule has 0 bridgehead atoms. The molecule has 1 aromatic heterocycles. The summed E-state index contributed by atoms with van der Waals surface area (Å²) < 4.78 is 5.13. The SMILES string of the molecule is O=C1c2ccoc2CCC1Br. The van der Waals surface area contributed by atoms with E-state index in [9.17, 15) is 4.79 Å². The summed E-state index contributed by atoms with van der Waals surface area (Å²) in [6.07, 6.45) is 3.29. The van der Waals surface area contributed by atoms with Gasteiger partial charge in [-0.2, -0.15) is 0 Å². The average Bonchev–Trinajstić information content (AvgIpc) is 2.45. The summed E-state index contributed by atoms with van der Waals surface area (Å²) in [6.45, 7) is 0. The number of carbonyl (C=O) groups excluding carboxylic acids is 1. The van der Waals surface area contributed by atoms with Gasteiger partial charge < -0.3 is 4.42 Å². The standard InChI is InChI=1S/C8H7BrO2/c9-6-1-2-7-5(8(6)10)3-4-11-7/h3-4,6H,1-2H2. The van der Waals surface area contributed by atoms with E-state index in [4.69, 9.17) is 4.42 Å². The Hall–Kier alpha value is -0.570. The van der Waals surface area contributed by atoms with E-state index >= 15 is 0 Å². The maximum Gasteiger partial charge on any atom is 0.179 e. The Labute approximate surface area is 72.7 Å². The number of fused-ring (bicyclic) bond motifs is 1. The number of aryl methyl sites for hydroxylation is 1. The number of hydrogen-bond acceptors (Lipinski definition) is 2. The first-order valence-corrected chi connectivity index (χ1v) is 4.45. The number of hydrogen-bond donors (Lipinski definition) is 0. The van der Waals surface area contributed by atoms with Crippen LogP contribution in [0.3, 0.4) is 0 Å². The molecule has 2 nitrogen and oxygen atoms in total. The summed E-state index contributed by atoms with van der Waals surface area (Å²) in [7, 11) is 0. The molecule has 2 rings (SSSR count). The monoisotopic (exact) mass is 214 g/mol. The zero-order valence-corrected chi connectivity index (χ0v) is 7.43. The van der Waals surface area contributed by atoms with Gasteiger partial charge in [-0.15, -0.1) is 0 Å². The van der Waals surface area contributed by atoms with Crippen molar-refractivity contribution in [3.8, 4) is 0 Å². The first-order chi connectivity index (χ1) is 5.29. The van der Waals surface area contributed by atoms with Gasteiger partial charge in [-0.1, -0.05) is 15.9 Å². The van der Waals surface area contributed by atoms with Crippen LogP contribution in [0, 0.1) is 0 Å². The molecule has 0 radical (unpaired) electrons. The van der Waals surface area contributed by atoms with Crippen LogP contribution in [-0.4, -0.2) is 10.6 Å². The Morgan fingerprint density at radius 2 is 2.45 bits per heavy atom. The van der Waals surface area contributed by atoms with Gasteiger partial charge in [0, 0.05) is 6.42 Å². The van der Waals surface area contributed by atoms with Gasteiger partial charge in [0.05, 0.1) is 16.7 Å². The summed E-state index contributed by atoms with van der Waals surface area (Å²) in [6, 6.07) is 1.74. The van der Waals surface area contributed by atoms with Crippen molar-refractivity contribution in [3.05, 3.63) is 23.7 Å². The van der Waals surface area contributed by atoms with Crippen LogP contribution in [0.1, 0.15) is 22.5 Å². The quantitative estimate of drug-likeness (QED) is 0.620. The maximum atomic E-state index is 11.4. The number of ketones is 1. The smallest absolute Gasteiger partial charge is 0.179 e. The second-order valence-corrected chi connectivity index (χ2v) is 3.73. The molecule has 0 saturated heterocycles. The van der Waals surface area contributed by atoms with E-state index in [1.54, 1.807) is 12.3 Å². The van der Waals surface area contributed by atoms with Gasteiger partial charge in [-0.25, -0.2) is 0 Å². The van der Waals surface area contributed by atoms with Crippen molar-refractivity contribution in [2.75, 3.05) is 0 Å². The van der Waals surface area contributed by atoms with Crippen molar-refractivity contribution in [2.24, 2.45) is 0 Å². The summed E-state index contributed by atoms with van der Waals surface area (Å²) >= 11 is 3.32. The Kier molecular flexibility index (Phi) is 1.60. The van der Waals surface area contributed by atoms with Crippen molar-refractivity contribution < 1.29 is 9.21 Å². The number of Topliss-reactive ketones (excluding diaryl/α,β-unsaturated/α-hetero) is 1. The number of alkyl halides is 1. The molecule has 0 fully saturated rings. The number of carbonyl (C=O) groups is 1. The molecule has 1 unspecified atom stereocenters. The molecule has 1 atom stereocenters. The predicted octanol–water partition coefficient (Wildman–Crippen LogP) is 2.17. The van der Waals surface area contributed by atoms with Crippen LogP contribution in [0.25, 0.3) is 0 Å². The van der Waals surface area contributed by atoms with Crippen LogP contribution in [0.2, 0.25) is 0 Å². The predicted molar refractivity (Wildman–Crippen MR) is 44.1 cm³/mol. The van der Waals surface area contributed by atoms with E-state index < -0.39 is 0 Å². The van der Waals surface area contributed by atoms with E-state index in [2.05, 4.69) is 15.9 Å². The van der Waals surface area contributed by atoms with Crippen molar-refractivity contribution in [1.82, 2.24) is 0 Å². The van der Waals surface area contributed by atoms with E-state index in [0.29, 0.717) is 0 Å². The minimum absolute atomic E-state index is 0.00685. The van der Waals surface area contributed by atoms with E-state index in [0.717, 1.165) is 24.2 Å². The molecular formula is C8H7BrO2. The highest BCUT2D eigenvalue weighted by Crippen LogP contribution is 2.25. The van der Waals surface area contributed by atoms with Crippen molar-refractivity contribution >= 4 is 21.7 Å². The maximum absolute atomic E-state index is 11.4. The minimum Gasteiger partial charge on any atom is -0.469 e. The lowest BCUT2D eigenvalue weighted by Crippen LogP contribution is -2.20. The van der Waals surface area contributed by atoms with Crippen molar-refractivity contribution in [3.63, 3.8) is 0 Å². The highest BCUT2D eigenvalue weighted by Gasteiger charge is 2.26. The lowest BCUT2D eigenvalue weighted by atomic mass is 9.97. The molecule has 0 N–H and O–H groups in total. The fraction of sp³-hybridized carbons (Fsp3) is 0.375. The van der Waals surface area contributed by atoms with Gasteiger partial charge in [-0.05, 0) is 12.5 Å². The molecule has 11 heavy (non-hydrogen) atoms. The summed E-state index contributed by atoms with van der Waals surface area (Å²) in [5.74, 6) is 0.991. The molecule has 1 aliphatic rings. The second-order valence-electron chi connectivity index (χ2n) is 2.63. The van der Waals surface area contributed by atoms with Crippen LogP contribution in [0.5, 0.6) is 0 Å². The molecule has 0 amide bonds.